The van der Waals surface area contributed by atoms with Crippen LogP contribution >= 0.6 is 11.3 Å². The van der Waals surface area contributed by atoms with E-state index in [9.17, 15) is 14.9 Å². The third-order valence-electron chi connectivity index (χ3n) is 2.70. The van der Waals surface area contributed by atoms with Crippen LogP contribution in [0, 0.1) is 10.1 Å². The molecule has 0 atom stereocenters. The number of amides is 1. The molecule has 0 radical (unpaired) electrons. The fraction of sp³-hybridized carbons (Fsp3) is 0. The normalized spacial score (nSPS) is 10.2. The van der Waals surface area contributed by atoms with Gasteiger partial charge in [0.1, 0.15) is 6.33 Å². The van der Waals surface area contributed by atoms with E-state index in [1.165, 1.54) is 29.7 Å². The predicted octanol–water partition coefficient (Wildman–Crippen LogP) is 1.93. The molecule has 12 heteroatoms. The first-order valence-corrected chi connectivity index (χ1v) is 7.29. The van der Waals surface area contributed by atoms with E-state index >= 15 is 0 Å². The largest absolute Gasteiger partial charge is 0.459 e. The highest BCUT2D eigenvalue weighted by Gasteiger charge is 2.24. The maximum absolute atomic E-state index is 11.8. The van der Waals surface area contributed by atoms with Crippen LogP contribution in [0.25, 0.3) is 0 Å². The number of nitrogens with zero attached hydrogens (tertiary/aromatic N) is 4. The minimum absolute atomic E-state index is 0.0420. The summed E-state index contributed by atoms with van der Waals surface area (Å²) in [6, 6.07) is 2.99. The number of anilines is 3. The summed E-state index contributed by atoms with van der Waals surface area (Å²) in [6.45, 7) is 0. The van der Waals surface area contributed by atoms with Gasteiger partial charge < -0.3 is 9.73 Å². The highest BCUT2D eigenvalue weighted by Crippen LogP contribution is 2.31. The molecule has 3 N–H and O–H groups in total. The molecule has 3 aromatic rings. The molecule has 0 aliphatic heterocycles. The number of hydrazine groups is 1. The lowest BCUT2D eigenvalue weighted by Crippen LogP contribution is -2.30. The topological polar surface area (TPSA) is 148 Å². The second kappa shape index (κ2) is 6.70. The second-order valence-electron chi connectivity index (χ2n) is 4.20. The van der Waals surface area contributed by atoms with Crippen molar-refractivity contribution in [2.75, 3.05) is 10.7 Å². The molecular formula is C12H9N7O4S. The number of carbonyl (C=O) groups excluding carboxylic acids is 1. The smallest absolute Gasteiger partial charge is 0.355 e. The summed E-state index contributed by atoms with van der Waals surface area (Å²) < 4.78 is 4.92. The molecule has 0 fully saturated rings. The van der Waals surface area contributed by atoms with E-state index in [4.69, 9.17) is 4.42 Å². The third kappa shape index (κ3) is 3.27. The van der Waals surface area contributed by atoms with Crippen LogP contribution in [0.5, 0.6) is 0 Å². The number of hydrogen-bond donors (Lipinski definition) is 3. The van der Waals surface area contributed by atoms with Crippen molar-refractivity contribution in [3.05, 3.63) is 52.2 Å². The average molecular weight is 347 g/mol. The van der Waals surface area contributed by atoms with Crippen molar-refractivity contribution in [2.45, 2.75) is 0 Å². The summed E-state index contributed by atoms with van der Waals surface area (Å²) in [6.07, 6.45) is 3.99. The van der Waals surface area contributed by atoms with Gasteiger partial charge in [-0.25, -0.2) is 15.0 Å². The fourth-order valence-corrected chi connectivity index (χ4v) is 2.23. The molecule has 3 heterocycles. The molecule has 0 bridgehead atoms. The summed E-state index contributed by atoms with van der Waals surface area (Å²) in [5, 5.41) is 16.2. The number of rotatable bonds is 6. The van der Waals surface area contributed by atoms with Gasteiger partial charge in [0.15, 0.2) is 10.9 Å². The van der Waals surface area contributed by atoms with E-state index in [1.807, 2.05) is 0 Å². The molecule has 11 nitrogen and oxygen atoms in total. The molecule has 1 amide bonds. The van der Waals surface area contributed by atoms with Crippen LogP contribution in [-0.4, -0.2) is 25.8 Å². The zero-order valence-electron chi connectivity index (χ0n) is 11.8. The van der Waals surface area contributed by atoms with Crippen molar-refractivity contribution >= 4 is 39.7 Å². The lowest BCUT2D eigenvalue weighted by Gasteiger charge is -2.09. The van der Waals surface area contributed by atoms with Crippen molar-refractivity contribution < 1.29 is 14.1 Å². The molecule has 3 rings (SSSR count). The van der Waals surface area contributed by atoms with Crippen molar-refractivity contribution in [3.8, 4) is 0 Å². The first-order valence-electron chi connectivity index (χ1n) is 6.41. The van der Waals surface area contributed by atoms with E-state index in [0.29, 0.717) is 5.13 Å². The van der Waals surface area contributed by atoms with Crippen LogP contribution in [0.2, 0.25) is 0 Å². The molecule has 3 aromatic heterocycles. The Kier molecular flexibility index (Phi) is 4.29. The average Bonchev–Trinajstić information content (AvgIpc) is 3.25. The van der Waals surface area contributed by atoms with Gasteiger partial charge in [0.2, 0.25) is 11.6 Å². The number of nitrogens with one attached hydrogen (secondary N) is 3. The molecule has 0 aliphatic carbocycles. The van der Waals surface area contributed by atoms with Crippen molar-refractivity contribution in [3.63, 3.8) is 0 Å². The lowest BCUT2D eigenvalue weighted by atomic mass is 10.4. The van der Waals surface area contributed by atoms with Gasteiger partial charge in [0.25, 0.3) is 0 Å². The van der Waals surface area contributed by atoms with E-state index in [1.54, 1.807) is 11.6 Å². The quantitative estimate of drug-likeness (QED) is 0.449. The Balaban J connectivity index is 1.82. The molecule has 0 saturated heterocycles. The maximum atomic E-state index is 11.8. The van der Waals surface area contributed by atoms with E-state index < -0.39 is 16.5 Å². The summed E-state index contributed by atoms with van der Waals surface area (Å²) in [7, 11) is 0. The zero-order chi connectivity index (χ0) is 16.9. The molecule has 0 aliphatic rings. The summed E-state index contributed by atoms with van der Waals surface area (Å²) >= 11 is 1.25. The van der Waals surface area contributed by atoms with Crippen LogP contribution in [0.3, 0.4) is 0 Å². The number of aromatic nitrogens is 3. The van der Waals surface area contributed by atoms with Gasteiger partial charge in [-0.1, -0.05) is 0 Å². The first-order chi connectivity index (χ1) is 11.6. The van der Waals surface area contributed by atoms with Crippen LogP contribution < -0.4 is 16.2 Å². The second-order valence-corrected chi connectivity index (χ2v) is 5.09. The molecule has 122 valence electrons. The highest BCUT2D eigenvalue weighted by atomic mass is 32.1. The maximum Gasteiger partial charge on any atom is 0.355 e. The minimum Gasteiger partial charge on any atom is -0.459 e. The van der Waals surface area contributed by atoms with Crippen LogP contribution in [0.4, 0.5) is 22.5 Å². The van der Waals surface area contributed by atoms with Gasteiger partial charge >= 0.3 is 11.6 Å². The standard InChI is InChI=1S/C12H9N7O4S/c20-11(7-2-1-4-23-7)18-17-10-8(19(21)22)9(14-6-15-10)16-12-13-3-5-24-12/h1-6H,(H,18,20)(H2,13,14,15,16,17). The number of carbonyl (C=O) groups is 1. The Labute approximate surface area is 137 Å². The Morgan fingerprint density at radius 1 is 1.29 bits per heavy atom. The third-order valence-corrected chi connectivity index (χ3v) is 3.39. The van der Waals surface area contributed by atoms with E-state index in [2.05, 4.69) is 31.1 Å². The fourth-order valence-electron chi connectivity index (χ4n) is 1.71. The number of thiazole rings is 1. The van der Waals surface area contributed by atoms with Crippen molar-refractivity contribution in [1.29, 1.82) is 0 Å². The number of furan rings is 1. The molecule has 0 saturated carbocycles. The lowest BCUT2D eigenvalue weighted by molar-refractivity contribution is -0.383. The van der Waals surface area contributed by atoms with Gasteiger partial charge in [-0.15, -0.1) is 11.3 Å². The Morgan fingerprint density at radius 2 is 2.12 bits per heavy atom. The summed E-state index contributed by atoms with van der Waals surface area (Å²) in [5.41, 5.74) is 4.22. The van der Waals surface area contributed by atoms with Gasteiger partial charge in [0.05, 0.1) is 11.2 Å². The minimum atomic E-state index is -0.669. The Morgan fingerprint density at radius 3 is 2.79 bits per heavy atom. The zero-order valence-corrected chi connectivity index (χ0v) is 12.6. The summed E-state index contributed by atoms with van der Waals surface area (Å²) in [4.78, 5) is 34.1. The van der Waals surface area contributed by atoms with Crippen LogP contribution in [0.15, 0.2) is 40.7 Å². The molecular weight excluding hydrogens is 338 g/mol. The molecule has 0 spiro atoms. The molecule has 0 unspecified atom stereocenters. The number of hydrogen-bond acceptors (Lipinski definition) is 10. The van der Waals surface area contributed by atoms with Gasteiger partial charge in [0, 0.05) is 11.6 Å². The SMILES string of the molecule is O=C(NNc1ncnc(Nc2nccs2)c1[N+](=O)[O-])c1ccco1. The van der Waals surface area contributed by atoms with Crippen molar-refractivity contribution in [2.24, 2.45) is 0 Å². The number of nitro groups is 1. The highest BCUT2D eigenvalue weighted by molar-refractivity contribution is 7.13. The van der Waals surface area contributed by atoms with E-state index in [-0.39, 0.29) is 17.4 Å². The monoisotopic (exact) mass is 347 g/mol. The first kappa shape index (κ1) is 15.4. The molecule has 0 aromatic carbocycles. The van der Waals surface area contributed by atoms with Crippen LogP contribution in [0.1, 0.15) is 10.6 Å². The van der Waals surface area contributed by atoms with Crippen molar-refractivity contribution in [1.82, 2.24) is 20.4 Å². The predicted molar refractivity (Wildman–Crippen MR) is 83.9 cm³/mol. The van der Waals surface area contributed by atoms with Gasteiger partial charge in [-0.2, -0.15) is 0 Å². The van der Waals surface area contributed by atoms with Crippen LogP contribution in [-0.2, 0) is 0 Å². The molecule has 24 heavy (non-hydrogen) atoms. The van der Waals surface area contributed by atoms with Gasteiger partial charge in [-0.05, 0) is 12.1 Å². The Bertz CT molecular complexity index is 850. The van der Waals surface area contributed by atoms with Gasteiger partial charge in [-0.3, -0.25) is 25.8 Å². The Hall–Kier alpha value is -3.54. The van der Waals surface area contributed by atoms with E-state index in [0.717, 1.165) is 6.33 Å². The summed E-state index contributed by atoms with van der Waals surface area (Å²) in [5.74, 6) is -0.809.